The quantitative estimate of drug-likeness (QED) is 0.550. The topological polar surface area (TPSA) is 101 Å². The maximum atomic E-state index is 12.9. The molecular weight excluding hydrogens is 436 g/mol. The Morgan fingerprint density at radius 1 is 1.03 bits per heavy atom. The minimum Gasteiger partial charge on any atom is -0.356 e. The lowest BCUT2D eigenvalue weighted by molar-refractivity contribution is -0.120. The van der Waals surface area contributed by atoms with Gasteiger partial charge in [0, 0.05) is 17.8 Å². The lowest BCUT2D eigenvalue weighted by atomic mass is 10.1. The number of rotatable bonds is 7. The smallest absolute Gasteiger partial charge is 0.224 e. The maximum absolute atomic E-state index is 12.9. The molecule has 3 aromatic rings. The van der Waals surface area contributed by atoms with Gasteiger partial charge in [-0.2, -0.15) is 0 Å². The first-order chi connectivity index (χ1) is 15.8. The van der Waals surface area contributed by atoms with Crippen molar-refractivity contribution in [1.82, 2.24) is 15.3 Å². The number of hydrogen-bond acceptors (Lipinski definition) is 6. The van der Waals surface area contributed by atoms with Crippen molar-refractivity contribution in [3.05, 3.63) is 65.9 Å². The number of fused-ring (bicyclic) bond motifs is 1. The molecule has 0 saturated heterocycles. The Morgan fingerprint density at radius 3 is 2.45 bits per heavy atom. The highest BCUT2D eigenvalue weighted by molar-refractivity contribution is 7.91. The van der Waals surface area contributed by atoms with Gasteiger partial charge < -0.3 is 10.6 Å². The maximum Gasteiger partial charge on any atom is 0.224 e. The van der Waals surface area contributed by atoms with Crippen LogP contribution < -0.4 is 10.6 Å². The summed E-state index contributed by atoms with van der Waals surface area (Å²) in [6, 6.07) is 16.9. The third kappa shape index (κ3) is 5.57. The summed E-state index contributed by atoms with van der Waals surface area (Å²) >= 11 is 0. The first-order valence-corrected chi connectivity index (χ1v) is 12.8. The monoisotopic (exact) mass is 464 g/mol. The second kappa shape index (κ2) is 9.70. The molecule has 1 aliphatic rings. The Hall–Kier alpha value is -3.26. The molecule has 0 fully saturated rings. The van der Waals surface area contributed by atoms with Crippen LogP contribution in [-0.2, 0) is 27.5 Å². The van der Waals surface area contributed by atoms with Crippen LogP contribution in [0.15, 0.2) is 59.5 Å². The molecule has 1 aliphatic heterocycles. The van der Waals surface area contributed by atoms with E-state index in [1.54, 1.807) is 0 Å². The zero-order chi connectivity index (χ0) is 23.4. The number of nitrogens with one attached hydrogen (secondary N) is 2. The van der Waals surface area contributed by atoms with E-state index in [2.05, 4.69) is 34.4 Å². The van der Waals surface area contributed by atoms with E-state index in [0.717, 1.165) is 11.1 Å². The predicted octanol–water partition coefficient (Wildman–Crippen LogP) is 3.92. The van der Waals surface area contributed by atoms with Crippen LogP contribution in [0.4, 0.5) is 11.5 Å². The fraction of sp³-hybridized carbons (Fsp3) is 0.320. The number of aromatic nitrogens is 2. The number of anilines is 2. The van der Waals surface area contributed by atoms with Gasteiger partial charge in [-0.25, -0.2) is 18.4 Å². The third-order valence-corrected chi connectivity index (χ3v) is 7.27. The average Bonchev–Trinajstić information content (AvgIpc) is 2.79. The van der Waals surface area contributed by atoms with Crippen molar-refractivity contribution in [3.8, 4) is 11.4 Å². The lowest BCUT2D eigenvalue weighted by Crippen LogP contribution is -2.28. The van der Waals surface area contributed by atoms with Crippen LogP contribution >= 0.6 is 0 Å². The highest BCUT2D eigenvalue weighted by Crippen LogP contribution is 2.33. The highest BCUT2D eigenvalue weighted by Gasteiger charge is 2.30. The van der Waals surface area contributed by atoms with Crippen LogP contribution in [0.25, 0.3) is 11.4 Å². The first kappa shape index (κ1) is 22.9. The molecule has 2 N–H and O–H groups in total. The summed E-state index contributed by atoms with van der Waals surface area (Å²) in [5.41, 5.74) is 2.95. The molecule has 0 aliphatic carbocycles. The molecule has 4 rings (SSSR count). The summed E-state index contributed by atoms with van der Waals surface area (Å²) in [6.07, 6.45) is 1.44. The van der Waals surface area contributed by atoms with Crippen LogP contribution in [0, 0.1) is 5.92 Å². The molecule has 0 unspecified atom stereocenters. The summed E-state index contributed by atoms with van der Waals surface area (Å²) in [7, 11) is -3.47. The number of amides is 1. The minimum absolute atomic E-state index is 0.0205. The number of carbonyl (C=O) groups is 1. The summed E-state index contributed by atoms with van der Waals surface area (Å²) < 4.78 is 25.7. The van der Waals surface area contributed by atoms with Gasteiger partial charge >= 0.3 is 0 Å². The van der Waals surface area contributed by atoms with E-state index >= 15 is 0 Å². The molecule has 0 radical (unpaired) electrons. The minimum atomic E-state index is -3.47. The van der Waals surface area contributed by atoms with E-state index < -0.39 is 9.84 Å². The van der Waals surface area contributed by atoms with E-state index in [9.17, 15) is 13.2 Å². The number of hydrogen-bond donors (Lipinski definition) is 2. The van der Waals surface area contributed by atoms with E-state index in [-0.39, 0.29) is 16.6 Å². The summed E-state index contributed by atoms with van der Waals surface area (Å²) in [5.74, 6) is 1.25. The number of nitrogens with zero attached hydrogens (tertiary/aromatic N) is 2. The average molecular weight is 465 g/mol. The summed E-state index contributed by atoms with van der Waals surface area (Å²) in [4.78, 5) is 21.4. The Morgan fingerprint density at radius 2 is 1.76 bits per heavy atom. The van der Waals surface area contributed by atoms with Gasteiger partial charge in [0.2, 0.25) is 5.91 Å². The third-order valence-electron chi connectivity index (χ3n) is 5.39. The standard InChI is InChI=1S/C25H28N4O3S/c1-17(2)16-26-22(30)15-18-10-12-20(13-11-18)27-25-23-21(9-6-14-33(23,31)32)28-24(29-25)19-7-4-3-5-8-19/h3-5,7-8,10-13,17H,6,9,14-16H2,1-2H3,(H,26,30)(H,27,28,29). The Bertz CT molecular complexity index is 1240. The zero-order valence-electron chi connectivity index (χ0n) is 18.8. The Balaban J connectivity index is 1.61. The molecule has 7 nitrogen and oxygen atoms in total. The molecule has 8 heteroatoms. The molecule has 1 amide bonds. The molecule has 172 valence electrons. The van der Waals surface area contributed by atoms with Crippen molar-refractivity contribution in [2.24, 2.45) is 5.92 Å². The molecular formula is C25H28N4O3S. The highest BCUT2D eigenvalue weighted by atomic mass is 32.2. The second-order valence-electron chi connectivity index (χ2n) is 8.66. The van der Waals surface area contributed by atoms with Crippen molar-refractivity contribution in [2.45, 2.75) is 38.0 Å². The fourth-order valence-corrected chi connectivity index (χ4v) is 5.36. The SMILES string of the molecule is CC(C)CNC(=O)Cc1ccc(Nc2nc(-c3ccccc3)nc3c2S(=O)(=O)CCC3)cc1. The van der Waals surface area contributed by atoms with Crippen LogP contribution in [0.3, 0.4) is 0 Å². The van der Waals surface area contributed by atoms with Crippen molar-refractivity contribution in [1.29, 1.82) is 0 Å². The molecule has 0 atom stereocenters. The van der Waals surface area contributed by atoms with Crippen LogP contribution in [0.1, 0.15) is 31.5 Å². The predicted molar refractivity (Wildman–Crippen MR) is 129 cm³/mol. The number of sulfone groups is 1. The number of benzene rings is 2. The summed E-state index contributed by atoms with van der Waals surface area (Å²) in [6.45, 7) is 4.75. The van der Waals surface area contributed by atoms with Gasteiger partial charge in [0.05, 0.1) is 17.9 Å². The normalized spacial score (nSPS) is 14.5. The van der Waals surface area contributed by atoms with Gasteiger partial charge in [-0.3, -0.25) is 4.79 Å². The van der Waals surface area contributed by atoms with Gasteiger partial charge in [0.1, 0.15) is 4.90 Å². The van der Waals surface area contributed by atoms with Gasteiger partial charge in [0.15, 0.2) is 21.5 Å². The van der Waals surface area contributed by atoms with E-state index in [1.807, 2.05) is 54.6 Å². The summed E-state index contributed by atoms with van der Waals surface area (Å²) in [5, 5.41) is 6.10. The van der Waals surface area contributed by atoms with Crippen LogP contribution in [0.5, 0.6) is 0 Å². The molecule has 0 spiro atoms. The number of aryl methyl sites for hydroxylation is 1. The van der Waals surface area contributed by atoms with Crippen LogP contribution in [-0.4, -0.2) is 36.6 Å². The Kier molecular flexibility index (Phi) is 6.74. The Labute approximate surface area is 194 Å². The van der Waals surface area contributed by atoms with Crippen molar-refractivity contribution >= 4 is 27.2 Å². The zero-order valence-corrected chi connectivity index (χ0v) is 19.7. The molecule has 0 bridgehead atoms. The fourth-order valence-electron chi connectivity index (χ4n) is 3.73. The molecule has 33 heavy (non-hydrogen) atoms. The lowest BCUT2D eigenvalue weighted by Gasteiger charge is -2.20. The van der Waals surface area contributed by atoms with Crippen molar-refractivity contribution < 1.29 is 13.2 Å². The molecule has 2 aromatic carbocycles. The molecule has 1 aromatic heterocycles. The largest absolute Gasteiger partial charge is 0.356 e. The van der Waals surface area contributed by atoms with Crippen molar-refractivity contribution in [3.63, 3.8) is 0 Å². The van der Waals surface area contributed by atoms with Gasteiger partial charge in [-0.1, -0.05) is 56.3 Å². The van der Waals surface area contributed by atoms with E-state index in [4.69, 9.17) is 0 Å². The van der Waals surface area contributed by atoms with Crippen LogP contribution in [0.2, 0.25) is 0 Å². The first-order valence-electron chi connectivity index (χ1n) is 11.1. The number of carbonyl (C=O) groups excluding carboxylic acids is 1. The van der Waals surface area contributed by atoms with E-state index in [1.165, 1.54) is 0 Å². The van der Waals surface area contributed by atoms with Gasteiger partial charge in [0.25, 0.3) is 0 Å². The second-order valence-corrected chi connectivity index (χ2v) is 10.7. The van der Waals surface area contributed by atoms with Gasteiger partial charge in [-0.05, 0) is 36.5 Å². The van der Waals surface area contributed by atoms with Gasteiger partial charge in [-0.15, -0.1) is 0 Å². The molecule has 2 heterocycles. The van der Waals surface area contributed by atoms with E-state index in [0.29, 0.717) is 54.7 Å². The van der Waals surface area contributed by atoms with Crippen molar-refractivity contribution in [2.75, 3.05) is 17.6 Å². The molecule has 0 saturated carbocycles.